The highest BCUT2D eigenvalue weighted by Gasteiger charge is 2.16. The molecule has 1 atom stereocenters. The summed E-state index contributed by atoms with van der Waals surface area (Å²) in [6.45, 7) is -0.0223. The summed E-state index contributed by atoms with van der Waals surface area (Å²) in [4.78, 5) is 19.6. The van der Waals surface area contributed by atoms with Crippen molar-refractivity contribution in [3.8, 4) is 5.75 Å². The highest BCUT2D eigenvalue weighted by Crippen LogP contribution is 2.16. The Morgan fingerprint density at radius 2 is 1.79 bits per heavy atom. The first-order valence-electron chi connectivity index (χ1n) is 7.81. The van der Waals surface area contributed by atoms with Crippen LogP contribution in [0.1, 0.15) is 17.4 Å². The van der Waals surface area contributed by atoms with Gasteiger partial charge in [0, 0.05) is 18.8 Å². The van der Waals surface area contributed by atoms with Crippen LogP contribution in [0.2, 0.25) is 0 Å². The minimum Gasteiger partial charge on any atom is -0.484 e. The van der Waals surface area contributed by atoms with Gasteiger partial charge in [0.15, 0.2) is 6.61 Å². The molecule has 0 fully saturated rings. The van der Waals surface area contributed by atoms with E-state index >= 15 is 0 Å². The number of ether oxygens (including phenoxy) is 1. The summed E-state index contributed by atoms with van der Waals surface area (Å²) in [7, 11) is 0. The third-order valence-corrected chi connectivity index (χ3v) is 3.60. The molecule has 0 aliphatic carbocycles. The number of carbonyl (C=O) groups is 1. The highest BCUT2D eigenvalue weighted by molar-refractivity contribution is 5.78. The van der Waals surface area contributed by atoms with E-state index in [1.54, 1.807) is 12.4 Å². The van der Waals surface area contributed by atoms with E-state index in [-0.39, 0.29) is 18.6 Å². The van der Waals surface area contributed by atoms with Crippen molar-refractivity contribution in [1.82, 2.24) is 15.3 Å². The quantitative estimate of drug-likeness (QED) is 0.703. The van der Waals surface area contributed by atoms with Crippen LogP contribution in [0.4, 0.5) is 0 Å². The molecule has 3 rings (SSSR count). The van der Waals surface area contributed by atoms with Crippen molar-refractivity contribution in [2.24, 2.45) is 0 Å². The summed E-state index contributed by atoms with van der Waals surface area (Å²) < 4.78 is 5.50. The Kier molecular flexibility index (Phi) is 5.24. The molecule has 5 nitrogen and oxygen atoms in total. The monoisotopic (exact) mass is 321 g/mol. The largest absolute Gasteiger partial charge is 0.484 e. The molecular formula is C19H19N3O2. The van der Waals surface area contributed by atoms with Crippen LogP contribution in [0.15, 0.2) is 73.1 Å². The smallest absolute Gasteiger partial charge is 0.258 e. The normalized spacial score (nSPS) is 11.7. The van der Waals surface area contributed by atoms with Crippen molar-refractivity contribution < 1.29 is 9.53 Å². The van der Waals surface area contributed by atoms with Gasteiger partial charge in [0.25, 0.3) is 5.91 Å². The highest BCUT2D eigenvalue weighted by atomic mass is 16.5. The number of H-pyrrole nitrogens is 1. The Morgan fingerprint density at radius 3 is 2.46 bits per heavy atom. The second-order valence-electron chi connectivity index (χ2n) is 5.37. The van der Waals surface area contributed by atoms with Gasteiger partial charge in [0.1, 0.15) is 11.6 Å². The number of carbonyl (C=O) groups excluding carboxylic acids is 1. The van der Waals surface area contributed by atoms with Crippen LogP contribution in [0.25, 0.3) is 0 Å². The zero-order valence-electron chi connectivity index (χ0n) is 13.2. The van der Waals surface area contributed by atoms with Crippen molar-refractivity contribution in [3.63, 3.8) is 0 Å². The van der Waals surface area contributed by atoms with Crippen LogP contribution in [0.5, 0.6) is 5.75 Å². The lowest BCUT2D eigenvalue weighted by atomic mass is 10.0. The summed E-state index contributed by atoms with van der Waals surface area (Å²) in [5, 5.41) is 3.02. The molecule has 1 heterocycles. The molecule has 0 bridgehead atoms. The number of para-hydroxylation sites is 1. The minimum absolute atomic E-state index is 0.0223. The van der Waals surface area contributed by atoms with E-state index in [1.165, 1.54) is 0 Å². The lowest BCUT2D eigenvalue weighted by molar-refractivity contribution is -0.123. The van der Waals surface area contributed by atoms with E-state index in [9.17, 15) is 4.79 Å². The second kappa shape index (κ2) is 7.97. The van der Waals surface area contributed by atoms with Crippen molar-refractivity contribution in [1.29, 1.82) is 0 Å². The number of nitrogens with zero attached hydrogens (tertiary/aromatic N) is 1. The van der Waals surface area contributed by atoms with Gasteiger partial charge >= 0.3 is 0 Å². The Hall–Kier alpha value is -3.08. The molecule has 0 radical (unpaired) electrons. The van der Waals surface area contributed by atoms with Crippen molar-refractivity contribution in [2.75, 3.05) is 6.61 Å². The topological polar surface area (TPSA) is 67.0 Å². The summed E-state index contributed by atoms with van der Waals surface area (Å²) in [6.07, 6.45) is 4.07. The van der Waals surface area contributed by atoms with Gasteiger partial charge in [-0.25, -0.2) is 4.98 Å². The SMILES string of the molecule is O=C(COc1ccccc1)NC(Cc1ncc[nH]1)c1ccccc1. The predicted octanol–water partition coefficient (Wildman–Crippen LogP) is 2.89. The number of benzene rings is 2. The van der Waals surface area contributed by atoms with Gasteiger partial charge in [-0.1, -0.05) is 48.5 Å². The Bertz CT molecular complexity index is 743. The van der Waals surface area contributed by atoms with Crippen LogP contribution < -0.4 is 10.1 Å². The van der Waals surface area contributed by atoms with Gasteiger partial charge in [-0.05, 0) is 17.7 Å². The number of nitrogens with one attached hydrogen (secondary N) is 2. The van der Waals surface area contributed by atoms with Gasteiger partial charge in [-0.15, -0.1) is 0 Å². The fraction of sp³-hybridized carbons (Fsp3) is 0.158. The number of imidazole rings is 1. The standard InChI is InChI=1S/C19H19N3O2/c23-19(14-24-16-9-5-2-6-10-16)22-17(13-18-20-11-12-21-18)15-7-3-1-4-8-15/h1-12,17H,13-14H2,(H,20,21)(H,22,23). The van der Waals surface area contributed by atoms with Gasteiger partial charge in [-0.2, -0.15) is 0 Å². The van der Waals surface area contributed by atoms with Crippen LogP contribution >= 0.6 is 0 Å². The van der Waals surface area contributed by atoms with E-state index in [2.05, 4.69) is 15.3 Å². The number of amides is 1. The van der Waals surface area contributed by atoms with E-state index in [0.717, 1.165) is 11.4 Å². The molecule has 1 unspecified atom stereocenters. The number of rotatable bonds is 7. The molecule has 1 aromatic heterocycles. The fourth-order valence-corrected chi connectivity index (χ4v) is 2.44. The summed E-state index contributed by atoms with van der Waals surface area (Å²) in [5.74, 6) is 1.34. The maximum absolute atomic E-state index is 12.3. The number of aromatic nitrogens is 2. The Labute approximate surface area is 140 Å². The second-order valence-corrected chi connectivity index (χ2v) is 5.37. The van der Waals surface area contributed by atoms with Crippen molar-refractivity contribution in [2.45, 2.75) is 12.5 Å². The van der Waals surface area contributed by atoms with Gasteiger partial charge in [0.2, 0.25) is 0 Å². The van der Waals surface area contributed by atoms with Gasteiger partial charge in [0.05, 0.1) is 6.04 Å². The molecule has 2 N–H and O–H groups in total. The molecule has 0 aliphatic rings. The first-order chi connectivity index (χ1) is 11.8. The van der Waals surface area contributed by atoms with Crippen molar-refractivity contribution >= 4 is 5.91 Å². The van der Waals surface area contributed by atoms with Crippen molar-refractivity contribution in [3.05, 3.63) is 84.4 Å². The molecule has 0 saturated heterocycles. The van der Waals surface area contributed by atoms with Gasteiger partial charge < -0.3 is 15.0 Å². The molecule has 1 amide bonds. The first kappa shape index (κ1) is 15.8. The zero-order valence-corrected chi connectivity index (χ0v) is 13.2. The summed E-state index contributed by atoms with van der Waals surface area (Å²) in [5.41, 5.74) is 1.03. The Balaban J connectivity index is 1.63. The van der Waals surface area contributed by atoms with E-state index in [0.29, 0.717) is 12.2 Å². The van der Waals surface area contributed by atoms with E-state index < -0.39 is 0 Å². The Morgan fingerprint density at radius 1 is 1.08 bits per heavy atom. The third-order valence-electron chi connectivity index (χ3n) is 3.60. The van der Waals surface area contributed by atoms with Crippen LogP contribution in [0, 0.1) is 0 Å². The summed E-state index contributed by atoms with van der Waals surface area (Å²) >= 11 is 0. The van der Waals surface area contributed by atoms with E-state index in [1.807, 2.05) is 60.7 Å². The lowest BCUT2D eigenvalue weighted by Crippen LogP contribution is -2.34. The molecule has 0 saturated carbocycles. The maximum atomic E-state index is 12.3. The third kappa shape index (κ3) is 4.46. The maximum Gasteiger partial charge on any atom is 0.258 e. The van der Waals surface area contributed by atoms with E-state index in [4.69, 9.17) is 4.74 Å². The lowest BCUT2D eigenvalue weighted by Gasteiger charge is -2.18. The molecule has 5 heteroatoms. The number of hydrogen-bond donors (Lipinski definition) is 2. The number of hydrogen-bond acceptors (Lipinski definition) is 3. The molecule has 3 aromatic rings. The fourth-order valence-electron chi connectivity index (χ4n) is 2.44. The molecule has 2 aromatic carbocycles. The van der Waals surface area contributed by atoms with Gasteiger partial charge in [-0.3, -0.25) is 4.79 Å². The zero-order chi connectivity index (χ0) is 16.6. The van der Waals surface area contributed by atoms with Crippen LogP contribution in [-0.4, -0.2) is 22.5 Å². The molecule has 24 heavy (non-hydrogen) atoms. The summed E-state index contributed by atoms with van der Waals surface area (Å²) in [6, 6.07) is 19.0. The minimum atomic E-state index is -0.167. The average molecular weight is 321 g/mol. The average Bonchev–Trinajstić information content (AvgIpc) is 3.14. The predicted molar refractivity (Wildman–Crippen MR) is 91.6 cm³/mol. The first-order valence-corrected chi connectivity index (χ1v) is 7.81. The molecule has 0 aliphatic heterocycles. The number of aromatic amines is 1. The molecular weight excluding hydrogens is 302 g/mol. The molecule has 0 spiro atoms. The van der Waals surface area contributed by atoms with Crippen LogP contribution in [0.3, 0.4) is 0 Å². The molecule has 122 valence electrons. The van der Waals surface area contributed by atoms with Crippen LogP contribution in [-0.2, 0) is 11.2 Å².